The third kappa shape index (κ3) is 4.01. The molecule has 1 aromatic heterocycles. The Hall–Kier alpha value is -1.46. The van der Waals surface area contributed by atoms with Gasteiger partial charge in [0.25, 0.3) is 0 Å². The van der Waals surface area contributed by atoms with Gasteiger partial charge in [0.15, 0.2) is 5.82 Å². The maximum atomic E-state index is 4.24. The number of aromatic nitrogens is 2. The van der Waals surface area contributed by atoms with Crippen LogP contribution in [0.15, 0.2) is 40.9 Å². The van der Waals surface area contributed by atoms with E-state index < -0.39 is 0 Å². The van der Waals surface area contributed by atoms with Crippen LogP contribution in [0, 0.1) is 0 Å². The van der Waals surface area contributed by atoms with Gasteiger partial charge in [0.1, 0.15) is 0 Å². The number of halogens is 1. The van der Waals surface area contributed by atoms with Gasteiger partial charge in [-0.05, 0) is 36.9 Å². The fourth-order valence-electron chi connectivity index (χ4n) is 1.78. The maximum absolute atomic E-state index is 4.24. The van der Waals surface area contributed by atoms with Crippen LogP contribution in [0.3, 0.4) is 0 Å². The van der Waals surface area contributed by atoms with Crippen molar-refractivity contribution in [1.29, 1.82) is 0 Å². The lowest BCUT2D eigenvalue weighted by Gasteiger charge is -2.17. The van der Waals surface area contributed by atoms with Crippen LogP contribution < -0.4 is 10.2 Å². The Morgan fingerprint density at radius 3 is 2.42 bits per heavy atom. The second-order valence-corrected chi connectivity index (χ2v) is 5.31. The number of rotatable bonds is 5. The van der Waals surface area contributed by atoms with Crippen LogP contribution in [0.4, 0.5) is 5.82 Å². The Morgan fingerprint density at radius 1 is 1.11 bits per heavy atom. The van der Waals surface area contributed by atoms with Crippen molar-refractivity contribution in [2.75, 3.05) is 19.0 Å². The van der Waals surface area contributed by atoms with Gasteiger partial charge in [-0.2, -0.15) is 5.10 Å². The highest BCUT2D eigenvalue weighted by Crippen LogP contribution is 2.15. The Morgan fingerprint density at radius 2 is 1.84 bits per heavy atom. The molecule has 0 spiro atoms. The van der Waals surface area contributed by atoms with E-state index in [2.05, 4.69) is 48.5 Å². The molecule has 0 radical (unpaired) electrons. The van der Waals surface area contributed by atoms with Crippen LogP contribution >= 0.6 is 15.9 Å². The van der Waals surface area contributed by atoms with Crippen LogP contribution in [-0.4, -0.2) is 24.3 Å². The van der Waals surface area contributed by atoms with Crippen molar-refractivity contribution >= 4 is 21.7 Å². The fraction of sp³-hybridized carbons (Fsp3) is 0.286. The first-order valence-corrected chi connectivity index (χ1v) is 6.91. The average molecular weight is 321 g/mol. The molecule has 0 aliphatic rings. The minimum Gasteiger partial charge on any atom is -0.354 e. The van der Waals surface area contributed by atoms with Gasteiger partial charge in [-0.3, -0.25) is 0 Å². The SMILES string of the molecule is CNCc1ccc(N(C)Cc2ccc(Br)cc2)nn1. The van der Waals surface area contributed by atoms with E-state index in [0.29, 0.717) is 0 Å². The molecule has 2 aromatic rings. The summed E-state index contributed by atoms with van der Waals surface area (Å²) < 4.78 is 1.09. The monoisotopic (exact) mass is 320 g/mol. The highest BCUT2D eigenvalue weighted by molar-refractivity contribution is 9.10. The summed E-state index contributed by atoms with van der Waals surface area (Å²) in [6.45, 7) is 1.55. The van der Waals surface area contributed by atoms with Gasteiger partial charge in [0.2, 0.25) is 0 Å². The molecular weight excluding hydrogens is 304 g/mol. The number of anilines is 1. The van der Waals surface area contributed by atoms with E-state index in [1.54, 1.807) is 0 Å². The van der Waals surface area contributed by atoms with Crippen LogP contribution in [0.1, 0.15) is 11.3 Å². The zero-order valence-corrected chi connectivity index (χ0v) is 12.7. The zero-order valence-electron chi connectivity index (χ0n) is 11.1. The van der Waals surface area contributed by atoms with Gasteiger partial charge >= 0.3 is 0 Å². The molecule has 100 valence electrons. The minimum atomic E-state index is 0.740. The normalized spacial score (nSPS) is 10.5. The molecule has 1 heterocycles. The van der Waals surface area contributed by atoms with Crippen molar-refractivity contribution in [3.05, 3.63) is 52.1 Å². The molecule has 5 heteroatoms. The van der Waals surface area contributed by atoms with E-state index in [1.807, 2.05) is 38.4 Å². The average Bonchev–Trinajstić information content (AvgIpc) is 2.42. The molecule has 19 heavy (non-hydrogen) atoms. The van der Waals surface area contributed by atoms with Crippen molar-refractivity contribution in [1.82, 2.24) is 15.5 Å². The molecule has 2 rings (SSSR count). The van der Waals surface area contributed by atoms with E-state index in [1.165, 1.54) is 5.56 Å². The molecule has 0 unspecified atom stereocenters. The summed E-state index contributed by atoms with van der Waals surface area (Å²) in [7, 11) is 3.92. The largest absolute Gasteiger partial charge is 0.354 e. The van der Waals surface area contributed by atoms with Gasteiger partial charge < -0.3 is 10.2 Å². The molecule has 0 amide bonds. The highest BCUT2D eigenvalue weighted by Gasteiger charge is 2.04. The minimum absolute atomic E-state index is 0.740. The highest BCUT2D eigenvalue weighted by atomic mass is 79.9. The number of nitrogens with one attached hydrogen (secondary N) is 1. The topological polar surface area (TPSA) is 41.0 Å². The first kappa shape index (κ1) is 14.0. The summed E-state index contributed by atoms with van der Waals surface area (Å²) in [5.41, 5.74) is 2.19. The maximum Gasteiger partial charge on any atom is 0.151 e. The van der Waals surface area contributed by atoms with Gasteiger partial charge in [-0.25, -0.2) is 0 Å². The number of benzene rings is 1. The van der Waals surface area contributed by atoms with Crippen molar-refractivity contribution in [2.45, 2.75) is 13.1 Å². The van der Waals surface area contributed by atoms with Crippen LogP contribution in [-0.2, 0) is 13.1 Å². The van der Waals surface area contributed by atoms with Crippen molar-refractivity contribution < 1.29 is 0 Å². The summed E-state index contributed by atoms with van der Waals surface area (Å²) in [5, 5.41) is 11.5. The molecule has 0 atom stereocenters. The molecule has 0 bridgehead atoms. The molecule has 0 saturated carbocycles. The molecule has 0 aliphatic carbocycles. The van der Waals surface area contributed by atoms with E-state index >= 15 is 0 Å². The molecular formula is C14H17BrN4. The summed E-state index contributed by atoms with van der Waals surface area (Å²) in [4.78, 5) is 2.08. The van der Waals surface area contributed by atoms with Crippen molar-refractivity contribution in [3.63, 3.8) is 0 Å². The van der Waals surface area contributed by atoms with Crippen LogP contribution in [0.2, 0.25) is 0 Å². The first-order chi connectivity index (χ1) is 9.19. The number of hydrogen-bond donors (Lipinski definition) is 1. The predicted octanol–water partition coefficient (Wildman–Crippen LogP) is 2.59. The molecule has 1 aromatic carbocycles. The van der Waals surface area contributed by atoms with Crippen molar-refractivity contribution in [3.8, 4) is 0 Å². The Balaban J connectivity index is 2.02. The smallest absolute Gasteiger partial charge is 0.151 e. The lowest BCUT2D eigenvalue weighted by atomic mass is 10.2. The standard InChI is InChI=1S/C14H17BrN4/c1-16-9-13-7-8-14(18-17-13)19(2)10-11-3-5-12(15)6-4-11/h3-8,16H,9-10H2,1-2H3. The van der Waals surface area contributed by atoms with E-state index in [4.69, 9.17) is 0 Å². The van der Waals surface area contributed by atoms with Crippen molar-refractivity contribution in [2.24, 2.45) is 0 Å². The Labute approximate surface area is 122 Å². The van der Waals surface area contributed by atoms with Gasteiger partial charge in [-0.15, -0.1) is 5.10 Å². The van der Waals surface area contributed by atoms with Gasteiger partial charge in [0.05, 0.1) is 5.69 Å². The molecule has 4 nitrogen and oxygen atoms in total. The second-order valence-electron chi connectivity index (χ2n) is 4.40. The van der Waals surface area contributed by atoms with E-state index in [0.717, 1.165) is 29.1 Å². The second kappa shape index (κ2) is 6.63. The van der Waals surface area contributed by atoms with Crippen LogP contribution in [0.25, 0.3) is 0 Å². The molecule has 0 aliphatic heterocycles. The number of hydrogen-bond acceptors (Lipinski definition) is 4. The predicted molar refractivity (Wildman–Crippen MR) is 81.0 cm³/mol. The molecule has 1 N–H and O–H groups in total. The van der Waals surface area contributed by atoms with Gasteiger partial charge in [0, 0.05) is 24.6 Å². The van der Waals surface area contributed by atoms with Gasteiger partial charge in [-0.1, -0.05) is 28.1 Å². The summed E-state index contributed by atoms with van der Waals surface area (Å²) in [6, 6.07) is 12.3. The summed E-state index contributed by atoms with van der Waals surface area (Å²) >= 11 is 3.44. The third-order valence-corrected chi connectivity index (χ3v) is 3.32. The Bertz CT molecular complexity index is 510. The lowest BCUT2D eigenvalue weighted by molar-refractivity contribution is 0.759. The summed E-state index contributed by atoms with van der Waals surface area (Å²) in [6.07, 6.45) is 0. The lowest BCUT2D eigenvalue weighted by Crippen LogP contribution is -2.18. The summed E-state index contributed by atoms with van der Waals surface area (Å²) in [5.74, 6) is 0.878. The molecule has 0 saturated heterocycles. The van der Waals surface area contributed by atoms with E-state index in [-0.39, 0.29) is 0 Å². The fourth-order valence-corrected chi connectivity index (χ4v) is 2.04. The molecule has 0 fully saturated rings. The Kier molecular flexibility index (Phi) is 4.87. The third-order valence-electron chi connectivity index (χ3n) is 2.79. The zero-order chi connectivity index (χ0) is 13.7. The first-order valence-electron chi connectivity index (χ1n) is 6.12. The number of nitrogens with zero attached hydrogens (tertiary/aromatic N) is 3. The quantitative estimate of drug-likeness (QED) is 0.919. The van der Waals surface area contributed by atoms with Crippen LogP contribution in [0.5, 0.6) is 0 Å². The van der Waals surface area contributed by atoms with E-state index in [9.17, 15) is 0 Å².